The smallest absolute Gasteiger partial charge is 0.270 e. The van der Waals surface area contributed by atoms with Crippen LogP contribution in [0.15, 0.2) is 18.2 Å². The number of nitrogens with one attached hydrogen (secondary N) is 1. The van der Waals surface area contributed by atoms with Gasteiger partial charge in [-0.25, -0.2) is 0 Å². The maximum atomic E-state index is 11.7. The maximum Gasteiger partial charge on any atom is 0.270 e. The average molecular weight is 346 g/mol. The lowest BCUT2D eigenvalue weighted by atomic mass is 9.92. The number of anilines is 1. The fraction of sp³-hybridized carbons (Fsp3) is 0.611. The summed E-state index contributed by atoms with van der Waals surface area (Å²) in [4.78, 5) is 24.7. The lowest BCUT2D eigenvalue weighted by molar-refractivity contribution is -0.384. The number of nitrogens with zero attached hydrogens (tertiary/aromatic N) is 2. The van der Waals surface area contributed by atoms with Gasteiger partial charge in [-0.3, -0.25) is 19.8 Å². The fourth-order valence-electron chi connectivity index (χ4n) is 4.10. The molecule has 136 valence electrons. The summed E-state index contributed by atoms with van der Waals surface area (Å²) in [5.74, 6) is -0.647. The van der Waals surface area contributed by atoms with E-state index in [1.807, 2.05) is 0 Å². The van der Waals surface area contributed by atoms with E-state index in [1.165, 1.54) is 44.2 Å². The van der Waals surface area contributed by atoms with Crippen molar-refractivity contribution in [3.05, 3.63) is 33.9 Å². The number of benzene rings is 1. The van der Waals surface area contributed by atoms with Crippen molar-refractivity contribution >= 4 is 17.3 Å². The molecule has 3 N–H and O–H groups in total. The first-order valence-electron chi connectivity index (χ1n) is 9.13. The minimum atomic E-state index is -0.647. The number of nitro groups is 1. The van der Waals surface area contributed by atoms with Crippen molar-refractivity contribution < 1.29 is 9.72 Å². The standard InChI is InChI=1S/C18H26N4O3/c19-18(23)16-11-15(22(24)25)8-9-17(16)20-13-5-4-10-21(12-13)14-6-2-1-3-7-14/h8-9,11,13-14,20H,1-7,10,12H2,(H2,19,23). The number of non-ortho nitro benzene ring substituents is 1. The van der Waals surface area contributed by atoms with Crippen LogP contribution in [-0.2, 0) is 0 Å². The Morgan fingerprint density at radius 2 is 1.96 bits per heavy atom. The molecule has 1 aromatic rings. The minimum absolute atomic E-state index is 0.119. The molecule has 1 aliphatic carbocycles. The van der Waals surface area contributed by atoms with Gasteiger partial charge in [0.05, 0.1) is 10.5 Å². The van der Waals surface area contributed by atoms with Gasteiger partial charge in [0.2, 0.25) is 0 Å². The van der Waals surface area contributed by atoms with E-state index < -0.39 is 10.8 Å². The summed E-state index contributed by atoms with van der Waals surface area (Å²) in [6, 6.07) is 5.17. The number of carbonyl (C=O) groups excluding carboxylic acids is 1. The van der Waals surface area contributed by atoms with Gasteiger partial charge in [-0.2, -0.15) is 0 Å². The summed E-state index contributed by atoms with van der Waals surface area (Å²) in [6.07, 6.45) is 8.66. The van der Waals surface area contributed by atoms with E-state index in [1.54, 1.807) is 6.07 Å². The zero-order chi connectivity index (χ0) is 17.8. The lowest BCUT2D eigenvalue weighted by Gasteiger charge is -2.40. The molecule has 7 heteroatoms. The quantitative estimate of drug-likeness (QED) is 0.630. The van der Waals surface area contributed by atoms with Crippen LogP contribution in [0.5, 0.6) is 0 Å². The van der Waals surface area contributed by atoms with Crippen LogP contribution in [0.25, 0.3) is 0 Å². The van der Waals surface area contributed by atoms with Gasteiger partial charge in [-0.15, -0.1) is 0 Å². The number of amides is 1. The van der Waals surface area contributed by atoms with Crippen LogP contribution in [0.3, 0.4) is 0 Å². The molecule has 0 radical (unpaired) electrons. The van der Waals surface area contributed by atoms with Gasteiger partial charge < -0.3 is 11.1 Å². The van der Waals surface area contributed by atoms with E-state index in [0.29, 0.717) is 11.7 Å². The second-order valence-corrected chi connectivity index (χ2v) is 7.12. The van der Waals surface area contributed by atoms with Gasteiger partial charge in [-0.05, 0) is 38.3 Å². The number of nitro benzene ring substituents is 1. The van der Waals surface area contributed by atoms with Gasteiger partial charge in [-0.1, -0.05) is 19.3 Å². The van der Waals surface area contributed by atoms with Gasteiger partial charge in [0.1, 0.15) is 0 Å². The first-order valence-corrected chi connectivity index (χ1v) is 9.13. The first kappa shape index (κ1) is 17.7. The molecule has 1 atom stereocenters. The molecule has 1 heterocycles. The molecule has 7 nitrogen and oxygen atoms in total. The molecule has 1 saturated heterocycles. The van der Waals surface area contributed by atoms with Crippen LogP contribution in [-0.4, -0.2) is 40.9 Å². The number of nitrogens with two attached hydrogens (primary N) is 1. The topological polar surface area (TPSA) is 102 Å². The molecular weight excluding hydrogens is 320 g/mol. The van der Waals surface area contributed by atoms with Crippen molar-refractivity contribution in [1.29, 1.82) is 0 Å². The van der Waals surface area contributed by atoms with Crippen molar-refractivity contribution in [2.45, 2.75) is 57.0 Å². The number of primary amides is 1. The molecule has 2 aliphatic rings. The van der Waals surface area contributed by atoms with Crippen LogP contribution >= 0.6 is 0 Å². The van der Waals surface area contributed by atoms with E-state index in [0.717, 1.165) is 25.9 Å². The van der Waals surface area contributed by atoms with Gasteiger partial charge in [0.25, 0.3) is 11.6 Å². The van der Waals surface area contributed by atoms with Crippen LogP contribution in [0, 0.1) is 10.1 Å². The molecule has 0 spiro atoms. The Balaban J connectivity index is 1.70. The minimum Gasteiger partial charge on any atom is -0.380 e. The maximum absolute atomic E-state index is 11.7. The molecule has 1 saturated carbocycles. The SMILES string of the molecule is NC(=O)c1cc([N+](=O)[O-])ccc1NC1CCCN(C2CCCCC2)C1. The van der Waals surface area contributed by atoms with Crippen LogP contribution in [0.2, 0.25) is 0 Å². The van der Waals surface area contributed by atoms with Crippen LogP contribution in [0.1, 0.15) is 55.3 Å². The normalized spacial score (nSPS) is 22.5. The Morgan fingerprint density at radius 3 is 2.64 bits per heavy atom. The summed E-state index contributed by atoms with van der Waals surface area (Å²) >= 11 is 0. The zero-order valence-corrected chi connectivity index (χ0v) is 14.4. The van der Waals surface area contributed by atoms with Crippen molar-refractivity contribution in [2.24, 2.45) is 5.73 Å². The molecule has 2 fully saturated rings. The van der Waals surface area contributed by atoms with E-state index in [4.69, 9.17) is 5.73 Å². The second kappa shape index (κ2) is 7.82. The Morgan fingerprint density at radius 1 is 1.20 bits per heavy atom. The number of hydrogen-bond acceptors (Lipinski definition) is 5. The van der Waals surface area contributed by atoms with Crippen molar-refractivity contribution in [2.75, 3.05) is 18.4 Å². The third-order valence-corrected chi connectivity index (χ3v) is 5.38. The first-order chi connectivity index (χ1) is 12.0. The van der Waals surface area contributed by atoms with E-state index in [2.05, 4.69) is 10.2 Å². The predicted octanol–water partition coefficient (Wildman–Crippen LogP) is 2.90. The highest BCUT2D eigenvalue weighted by atomic mass is 16.6. The van der Waals surface area contributed by atoms with Gasteiger partial charge in [0, 0.05) is 36.4 Å². The monoisotopic (exact) mass is 346 g/mol. The largest absolute Gasteiger partial charge is 0.380 e. The van der Waals surface area contributed by atoms with Crippen LogP contribution in [0.4, 0.5) is 11.4 Å². The second-order valence-electron chi connectivity index (χ2n) is 7.12. The summed E-state index contributed by atoms with van der Waals surface area (Å²) < 4.78 is 0. The molecule has 25 heavy (non-hydrogen) atoms. The summed E-state index contributed by atoms with van der Waals surface area (Å²) in [6.45, 7) is 2.08. The molecule has 0 aromatic heterocycles. The van der Waals surface area contributed by atoms with E-state index in [9.17, 15) is 14.9 Å². The predicted molar refractivity (Wildman–Crippen MR) is 96.7 cm³/mol. The van der Waals surface area contributed by atoms with Crippen LogP contribution < -0.4 is 11.1 Å². The number of piperidine rings is 1. The average Bonchev–Trinajstić information content (AvgIpc) is 2.62. The summed E-state index contributed by atoms with van der Waals surface area (Å²) in [7, 11) is 0. The fourth-order valence-corrected chi connectivity index (χ4v) is 4.10. The molecule has 0 bridgehead atoms. The van der Waals surface area contributed by atoms with Gasteiger partial charge in [0.15, 0.2) is 0 Å². The summed E-state index contributed by atoms with van der Waals surface area (Å²) in [5, 5.41) is 14.3. The Labute approximate surface area is 147 Å². The van der Waals surface area contributed by atoms with Crippen molar-refractivity contribution in [3.63, 3.8) is 0 Å². The third kappa shape index (κ3) is 4.28. The molecule has 1 amide bonds. The highest BCUT2D eigenvalue weighted by molar-refractivity contribution is 5.99. The molecule has 1 unspecified atom stereocenters. The van der Waals surface area contributed by atoms with Gasteiger partial charge >= 0.3 is 0 Å². The summed E-state index contributed by atoms with van der Waals surface area (Å²) in [5.41, 5.74) is 6.08. The molecule has 3 rings (SSSR count). The number of likely N-dealkylation sites (tertiary alicyclic amines) is 1. The van der Waals surface area contributed by atoms with E-state index >= 15 is 0 Å². The number of rotatable bonds is 5. The Hall–Kier alpha value is -2.15. The van der Waals surface area contributed by atoms with Crippen molar-refractivity contribution in [1.82, 2.24) is 4.90 Å². The van der Waals surface area contributed by atoms with E-state index in [-0.39, 0.29) is 17.3 Å². The number of carbonyl (C=O) groups is 1. The lowest BCUT2D eigenvalue weighted by Crippen LogP contribution is -2.47. The van der Waals surface area contributed by atoms with Crippen molar-refractivity contribution in [3.8, 4) is 0 Å². The molecule has 1 aliphatic heterocycles. The number of hydrogen-bond donors (Lipinski definition) is 2. The molecule has 1 aromatic carbocycles. The Bertz CT molecular complexity index is 643. The highest BCUT2D eigenvalue weighted by Gasteiger charge is 2.27. The molecular formula is C18H26N4O3. The highest BCUT2D eigenvalue weighted by Crippen LogP contribution is 2.28. The zero-order valence-electron chi connectivity index (χ0n) is 14.4. The Kier molecular flexibility index (Phi) is 5.53. The third-order valence-electron chi connectivity index (χ3n) is 5.38.